The Morgan fingerprint density at radius 1 is 1.37 bits per heavy atom. The quantitative estimate of drug-likeness (QED) is 0.795. The Bertz CT molecular complexity index is 693. The van der Waals surface area contributed by atoms with Gasteiger partial charge in [0, 0.05) is 14.9 Å². The van der Waals surface area contributed by atoms with Crippen LogP contribution < -0.4 is 0 Å². The second-order valence-electron chi connectivity index (χ2n) is 5.09. The van der Waals surface area contributed by atoms with Crippen LogP contribution in [0.2, 0.25) is 0 Å². The summed E-state index contributed by atoms with van der Waals surface area (Å²) in [6.45, 7) is 4.11. The molecule has 1 fully saturated rings. The molecule has 0 saturated heterocycles. The molecule has 0 aliphatic heterocycles. The summed E-state index contributed by atoms with van der Waals surface area (Å²) in [5.41, 5.74) is 3.14. The zero-order valence-electron chi connectivity index (χ0n) is 10.8. The van der Waals surface area contributed by atoms with E-state index in [0.29, 0.717) is 0 Å². The van der Waals surface area contributed by atoms with Gasteiger partial charge in [0.25, 0.3) is 0 Å². The summed E-state index contributed by atoms with van der Waals surface area (Å²) in [5, 5.41) is 10.4. The molecule has 1 aliphatic carbocycles. The van der Waals surface area contributed by atoms with Gasteiger partial charge in [0.05, 0.1) is 17.2 Å². The number of hydrogen-bond donors (Lipinski definition) is 0. The van der Waals surface area contributed by atoms with Gasteiger partial charge in [-0.3, -0.25) is 0 Å². The Hall–Kier alpha value is -1.18. The zero-order valence-corrected chi connectivity index (χ0v) is 13.2. The second-order valence-corrected chi connectivity index (χ2v) is 7.00. The van der Waals surface area contributed by atoms with E-state index in [2.05, 4.69) is 46.0 Å². The van der Waals surface area contributed by atoms with Crippen LogP contribution in [0, 0.1) is 25.2 Å². The number of nitrogens with zero attached hydrogens (tertiary/aromatic N) is 2. The predicted octanol–water partition coefficient (Wildman–Crippen LogP) is 4.74. The Labute approximate surface area is 125 Å². The molecule has 1 heterocycles. The van der Waals surface area contributed by atoms with Crippen molar-refractivity contribution < 1.29 is 0 Å². The largest absolute Gasteiger partial charge is 0.241 e. The Morgan fingerprint density at radius 3 is 2.74 bits per heavy atom. The highest BCUT2D eigenvalue weighted by atomic mass is 79.9. The third-order valence-corrected chi connectivity index (χ3v) is 5.51. The molecule has 0 unspecified atom stereocenters. The maximum absolute atomic E-state index is 9.33. The molecule has 96 valence electrons. The molecule has 0 N–H and O–H groups in total. The van der Waals surface area contributed by atoms with Crippen LogP contribution in [-0.2, 0) is 5.41 Å². The molecule has 0 bridgehead atoms. The standard InChI is InChI=1S/C15H13BrN2S/c1-9-3-4-11(16)7-12(9)14-18-10(2)13(19-14)15(8-17)5-6-15/h3-4,7H,5-6H2,1-2H3. The van der Waals surface area contributed by atoms with Gasteiger partial charge in [-0.15, -0.1) is 11.3 Å². The lowest BCUT2D eigenvalue weighted by atomic mass is 10.1. The van der Waals surface area contributed by atoms with Crippen molar-refractivity contribution in [1.29, 1.82) is 5.26 Å². The summed E-state index contributed by atoms with van der Waals surface area (Å²) >= 11 is 5.18. The molecular formula is C15H13BrN2S. The first-order valence-electron chi connectivity index (χ1n) is 6.21. The third-order valence-electron chi connectivity index (χ3n) is 3.63. The minimum Gasteiger partial charge on any atom is -0.241 e. The van der Waals surface area contributed by atoms with E-state index in [-0.39, 0.29) is 5.41 Å². The van der Waals surface area contributed by atoms with Gasteiger partial charge in [0.15, 0.2) is 0 Å². The molecule has 1 aromatic heterocycles. The Morgan fingerprint density at radius 2 is 2.11 bits per heavy atom. The van der Waals surface area contributed by atoms with Gasteiger partial charge in [-0.05, 0) is 44.4 Å². The van der Waals surface area contributed by atoms with Crippen LogP contribution in [0.5, 0.6) is 0 Å². The summed E-state index contributed by atoms with van der Waals surface area (Å²) in [4.78, 5) is 5.84. The molecule has 3 rings (SSSR count). The maximum Gasteiger partial charge on any atom is 0.124 e. The number of thiazole rings is 1. The molecule has 0 amide bonds. The van der Waals surface area contributed by atoms with Gasteiger partial charge in [0.1, 0.15) is 5.01 Å². The van der Waals surface area contributed by atoms with Crippen LogP contribution in [0.15, 0.2) is 22.7 Å². The number of rotatable bonds is 2. The molecule has 19 heavy (non-hydrogen) atoms. The van der Waals surface area contributed by atoms with Crippen LogP contribution in [0.1, 0.15) is 29.0 Å². The average molecular weight is 333 g/mol. The van der Waals surface area contributed by atoms with Gasteiger partial charge in [-0.2, -0.15) is 5.26 Å². The average Bonchev–Trinajstić information content (AvgIpc) is 3.10. The van der Waals surface area contributed by atoms with Crippen molar-refractivity contribution in [2.24, 2.45) is 0 Å². The Balaban J connectivity index is 2.11. The summed E-state index contributed by atoms with van der Waals surface area (Å²) in [6.07, 6.45) is 1.95. The van der Waals surface area contributed by atoms with E-state index >= 15 is 0 Å². The van der Waals surface area contributed by atoms with E-state index in [4.69, 9.17) is 0 Å². The second kappa shape index (κ2) is 4.43. The van der Waals surface area contributed by atoms with Gasteiger partial charge in [-0.1, -0.05) is 22.0 Å². The number of aryl methyl sites for hydroxylation is 2. The van der Waals surface area contributed by atoms with Crippen molar-refractivity contribution in [3.63, 3.8) is 0 Å². The first-order chi connectivity index (χ1) is 9.05. The fraction of sp³-hybridized carbons (Fsp3) is 0.333. The van der Waals surface area contributed by atoms with E-state index in [9.17, 15) is 5.26 Å². The predicted molar refractivity (Wildman–Crippen MR) is 81.2 cm³/mol. The zero-order chi connectivity index (χ0) is 13.6. The van der Waals surface area contributed by atoms with Gasteiger partial charge >= 0.3 is 0 Å². The van der Waals surface area contributed by atoms with E-state index in [0.717, 1.165) is 38.5 Å². The van der Waals surface area contributed by atoms with Crippen LogP contribution >= 0.6 is 27.3 Å². The smallest absolute Gasteiger partial charge is 0.124 e. The van der Waals surface area contributed by atoms with Crippen LogP contribution in [-0.4, -0.2) is 4.98 Å². The molecule has 0 atom stereocenters. The van der Waals surface area contributed by atoms with Crippen molar-refractivity contribution in [3.8, 4) is 16.6 Å². The summed E-state index contributed by atoms with van der Waals surface area (Å²) < 4.78 is 1.06. The topological polar surface area (TPSA) is 36.7 Å². The monoisotopic (exact) mass is 332 g/mol. The van der Waals surface area contributed by atoms with Gasteiger partial charge in [0.2, 0.25) is 0 Å². The molecule has 2 nitrogen and oxygen atoms in total. The first-order valence-corrected chi connectivity index (χ1v) is 7.82. The molecule has 0 spiro atoms. The highest BCUT2D eigenvalue weighted by Gasteiger charge is 2.47. The van der Waals surface area contributed by atoms with Gasteiger partial charge in [-0.25, -0.2) is 4.98 Å². The molecule has 1 aliphatic rings. The van der Waals surface area contributed by atoms with Crippen LogP contribution in [0.3, 0.4) is 0 Å². The minimum absolute atomic E-state index is 0.236. The molecule has 4 heteroatoms. The van der Waals surface area contributed by atoms with Crippen LogP contribution in [0.25, 0.3) is 10.6 Å². The summed E-state index contributed by atoms with van der Waals surface area (Å²) in [5.74, 6) is 0. The molecular weight excluding hydrogens is 320 g/mol. The molecule has 1 aromatic carbocycles. The lowest BCUT2D eigenvalue weighted by Crippen LogP contribution is -2.01. The van der Waals surface area contributed by atoms with E-state index < -0.39 is 0 Å². The van der Waals surface area contributed by atoms with Gasteiger partial charge < -0.3 is 0 Å². The highest BCUT2D eigenvalue weighted by molar-refractivity contribution is 9.10. The third kappa shape index (κ3) is 2.11. The lowest BCUT2D eigenvalue weighted by Gasteiger charge is -2.03. The van der Waals surface area contributed by atoms with E-state index in [1.54, 1.807) is 11.3 Å². The van der Waals surface area contributed by atoms with E-state index in [1.807, 2.05) is 13.0 Å². The van der Waals surface area contributed by atoms with Crippen molar-refractivity contribution >= 4 is 27.3 Å². The summed E-state index contributed by atoms with van der Waals surface area (Å²) in [6, 6.07) is 8.69. The van der Waals surface area contributed by atoms with Crippen molar-refractivity contribution in [2.45, 2.75) is 32.1 Å². The van der Waals surface area contributed by atoms with Crippen molar-refractivity contribution in [2.75, 3.05) is 0 Å². The maximum atomic E-state index is 9.33. The highest BCUT2D eigenvalue weighted by Crippen LogP contribution is 2.52. The van der Waals surface area contributed by atoms with Crippen molar-refractivity contribution in [3.05, 3.63) is 38.8 Å². The minimum atomic E-state index is -0.236. The number of benzene rings is 1. The molecule has 1 saturated carbocycles. The fourth-order valence-electron chi connectivity index (χ4n) is 2.29. The lowest BCUT2D eigenvalue weighted by molar-refractivity contribution is 0.914. The summed E-state index contributed by atoms with van der Waals surface area (Å²) in [7, 11) is 0. The fourth-order valence-corrected chi connectivity index (χ4v) is 4.00. The number of halogens is 1. The first kappa shape index (κ1) is 12.8. The number of hydrogen-bond acceptors (Lipinski definition) is 3. The number of aromatic nitrogens is 1. The van der Waals surface area contributed by atoms with E-state index in [1.165, 1.54) is 5.56 Å². The molecule has 0 radical (unpaired) electrons. The Kier molecular flexibility index (Phi) is 2.99. The normalized spacial score (nSPS) is 16.1. The van der Waals surface area contributed by atoms with Crippen molar-refractivity contribution in [1.82, 2.24) is 4.98 Å². The SMILES string of the molecule is Cc1ccc(Br)cc1-c1nc(C)c(C2(C#N)CC2)s1. The molecule has 2 aromatic rings. The number of nitriles is 1. The van der Waals surface area contributed by atoms with Crippen LogP contribution in [0.4, 0.5) is 0 Å².